The third-order valence-electron chi connectivity index (χ3n) is 7.53. The monoisotopic (exact) mass is 614 g/mol. The molecule has 5 rings (SSSR count). The van der Waals surface area contributed by atoms with E-state index >= 15 is 0 Å². The predicted molar refractivity (Wildman–Crippen MR) is 154 cm³/mol. The van der Waals surface area contributed by atoms with Crippen molar-refractivity contribution >= 4 is 17.9 Å². The molecule has 2 fully saturated rings. The van der Waals surface area contributed by atoms with Crippen molar-refractivity contribution in [2.75, 3.05) is 26.5 Å². The Kier molecular flexibility index (Phi) is 11.9. The molecular weight excluding hydrogens is 580 g/mol. The highest BCUT2D eigenvalue weighted by molar-refractivity contribution is 5.93. The summed E-state index contributed by atoms with van der Waals surface area (Å²) >= 11 is 0. The summed E-state index contributed by atoms with van der Waals surface area (Å²) in [6.45, 7) is 0.851. The predicted octanol–water partition coefficient (Wildman–Crippen LogP) is 6.26. The first-order valence-corrected chi connectivity index (χ1v) is 14.3. The fourth-order valence-corrected chi connectivity index (χ4v) is 5.14. The van der Waals surface area contributed by atoms with Gasteiger partial charge in [0.15, 0.2) is 0 Å². The number of imide groups is 1. The minimum absolute atomic E-state index is 0.107. The van der Waals surface area contributed by atoms with Gasteiger partial charge in [0.05, 0.1) is 31.0 Å². The number of carbonyl (C=O) groups excluding carboxylic acids is 3. The number of alkyl halides is 4. The molecule has 0 radical (unpaired) electrons. The SMILES string of the molecule is O=C(C[C@H](c1ccccc1)C(F)F)N1CCOC1=O.O=C(C[C@H](c1ccccc1)C(F)F)N1COC[C@@H]1Cc1ccccc1. The Labute approximate surface area is 253 Å². The van der Waals surface area contributed by atoms with Gasteiger partial charge in [0.2, 0.25) is 24.7 Å². The van der Waals surface area contributed by atoms with E-state index in [2.05, 4.69) is 4.74 Å². The molecule has 7 nitrogen and oxygen atoms in total. The van der Waals surface area contributed by atoms with Crippen LogP contribution in [0.5, 0.6) is 0 Å². The number of nitrogens with zero attached hydrogens (tertiary/aromatic N) is 2. The van der Waals surface area contributed by atoms with Gasteiger partial charge in [-0.3, -0.25) is 9.59 Å². The van der Waals surface area contributed by atoms with Crippen LogP contribution in [-0.4, -0.2) is 73.1 Å². The van der Waals surface area contributed by atoms with Gasteiger partial charge in [0.25, 0.3) is 0 Å². The molecule has 3 aromatic rings. The van der Waals surface area contributed by atoms with E-state index in [9.17, 15) is 31.9 Å². The van der Waals surface area contributed by atoms with Crippen molar-refractivity contribution in [3.8, 4) is 0 Å². The Morgan fingerprint density at radius 3 is 1.73 bits per heavy atom. The molecule has 11 heteroatoms. The number of carbonyl (C=O) groups is 3. The average Bonchev–Trinajstić information content (AvgIpc) is 3.68. The Balaban J connectivity index is 0.000000209. The van der Waals surface area contributed by atoms with Crippen LogP contribution in [0.3, 0.4) is 0 Å². The van der Waals surface area contributed by atoms with E-state index in [0.29, 0.717) is 24.2 Å². The summed E-state index contributed by atoms with van der Waals surface area (Å²) in [6.07, 6.45) is -5.96. The lowest BCUT2D eigenvalue weighted by Crippen LogP contribution is -2.39. The van der Waals surface area contributed by atoms with Crippen LogP contribution in [0.4, 0.5) is 22.4 Å². The number of benzene rings is 3. The molecule has 2 aliphatic rings. The largest absolute Gasteiger partial charge is 0.447 e. The van der Waals surface area contributed by atoms with Gasteiger partial charge in [-0.05, 0) is 23.1 Å². The smallest absolute Gasteiger partial charge is 0.416 e. The first-order chi connectivity index (χ1) is 21.2. The summed E-state index contributed by atoms with van der Waals surface area (Å²) in [5, 5.41) is 0. The van der Waals surface area contributed by atoms with Crippen molar-refractivity contribution in [2.45, 2.75) is 50.0 Å². The van der Waals surface area contributed by atoms with Crippen LogP contribution in [0.2, 0.25) is 0 Å². The lowest BCUT2D eigenvalue weighted by molar-refractivity contribution is -0.134. The quantitative estimate of drug-likeness (QED) is 0.252. The van der Waals surface area contributed by atoms with E-state index in [0.717, 1.165) is 10.5 Å². The Bertz CT molecular complexity index is 1350. The fourth-order valence-electron chi connectivity index (χ4n) is 5.14. The molecule has 0 spiro atoms. The number of hydrogen-bond acceptors (Lipinski definition) is 5. The summed E-state index contributed by atoms with van der Waals surface area (Å²) in [5.74, 6) is -3.21. The van der Waals surface area contributed by atoms with E-state index in [1.807, 2.05) is 30.3 Å². The standard InChI is InChI=1S/C20H21F2NO2.C13H13F2NO3/c21-20(22)18(16-9-5-2-6-10-16)12-19(24)23-14-25-13-17(23)11-15-7-3-1-4-8-15;14-12(15)10(9-4-2-1-3-5-9)8-11(17)16-6-7-19-13(16)18/h1-10,17-18,20H,11-14H2;1-5,10,12H,6-8H2/t17-,18+;10-/m01/s1. The lowest BCUT2D eigenvalue weighted by atomic mass is 9.95. The zero-order valence-electron chi connectivity index (χ0n) is 23.9. The van der Waals surface area contributed by atoms with Crippen LogP contribution in [0.25, 0.3) is 0 Å². The first kappa shape index (κ1) is 32.7. The van der Waals surface area contributed by atoms with Crippen molar-refractivity contribution in [2.24, 2.45) is 0 Å². The Morgan fingerprint density at radius 1 is 0.750 bits per heavy atom. The topological polar surface area (TPSA) is 76.2 Å². The summed E-state index contributed by atoms with van der Waals surface area (Å²) in [6, 6.07) is 26.3. The molecule has 234 valence electrons. The van der Waals surface area contributed by atoms with Gasteiger partial charge < -0.3 is 14.4 Å². The Morgan fingerprint density at radius 2 is 1.25 bits per heavy atom. The number of hydrogen-bond donors (Lipinski definition) is 0. The van der Waals surface area contributed by atoms with E-state index in [4.69, 9.17) is 4.74 Å². The first-order valence-electron chi connectivity index (χ1n) is 14.3. The van der Waals surface area contributed by atoms with Crippen molar-refractivity contribution in [1.29, 1.82) is 0 Å². The van der Waals surface area contributed by atoms with Crippen molar-refractivity contribution in [3.63, 3.8) is 0 Å². The van der Waals surface area contributed by atoms with Gasteiger partial charge in [0, 0.05) is 12.8 Å². The minimum Gasteiger partial charge on any atom is -0.447 e. The molecule has 0 bridgehead atoms. The Hall–Kier alpha value is -4.25. The van der Waals surface area contributed by atoms with Crippen molar-refractivity contribution in [1.82, 2.24) is 9.80 Å². The van der Waals surface area contributed by atoms with Crippen LogP contribution < -0.4 is 0 Å². The maximum absolute atomic E-state index is 13.5. The van der Waals surface area contributed by atoms with Gasteiger partial charge in [-0.25, -0.2) is 27.3 Å². The zero-order valence-corrected chi connectivity index (χ0v) is 23.9. The second kappa shape index (κ2) is 16.0. The maximum atomic E-state index is 13.5. The molecule has 0 N–H and O–H groups in total. The molecule has 0 aromatic heterocycles. The highest BCUT2D eigenvalue weighted by Gasteiger charge is 2.34. The van der Waals surface area contributed by atoms with Gasteiger partial charge >= 0.3 is 6.09 Å². The van der Waals surface area contributed by atoms with Crippen LogP contribution in [0.1, 0.15) is 41.4 Å². The summed E-state index contributed by atoms with van der Waals surface area (Å²) in [7, 11) is 0. The third kappa shape index (κ3) is 8.89. The van der Waals surface area contributed by atoms with E-state index in [-0.39, 0.29) is 38.3 Å². The second-order valence-electron chi connectivity index (χ2n) is 10.5. The van der Waals surface area contributed by atoms with E-state index < -0.39 is 43.1 Å². The molecule has 2 heterocycles. The van der Waals surface area contributed by atoms with Gasteiger partial charge in [-0.2, -0.15) is 0 Å². The maximum Gasteiger partial charge on any atom is 0.416 e. The summed E-state index contributed by atoms with van der Waals surface area (Å²) in [5.41, 5.74) is 1.98. The molecule has 3 aromatic carbocycles. The fraction of sp³-hybridized carbons (Fsp3) is 0.364. The number of halogens is 4. The van der Waals surface area contributed by atoms with E-state index in [1.54, 1.807) is 65.6 Å². The molecule has 3 amide bonds. The van der Waals surface area contributed by atoms with Crippen LogP contribution in [-0.2, 0) is 25.5 Å². The molecule has 2 saturated heterocycles. The summed E-state index contributed by atoms with van der Waals surface area (Å²) in [4.78, 5) is 38.1. The molecule has 0 aliphatic carbocycles. The van der Waals surface area contributed by atoms with Crippen LogP contribution in [0.15, 0.2) is 91.0 Å². The summed E-state index contributed by atoms with van der Waals surface area (Å²) < 4.78 is 63.1. The average molecular weight is 615 g/mol. The van der Waals surface area contributed by atoms with Crippen molar-refractivity contribution in [3.05, 3.63) is 108 Å². The number of ether oxygens (including phenoxy) is 2. The van der Waals surface area contributed by atoms with Gasteiger partial charge in [-0.15, -0.1) is 0 Å². The molecular formula is C33H34F4N2O5. The third-order valence-corrected chi connectivity index (χ3v) is 7.53. The molecule has 0 unspecified atom stereocenters. The number of amides is 3. The molecule has 3 atom stereocenters. The molecule has 0 saturated carbocycles. The van der Waals surface area contributed by atoms with Crippen LogP contribution >= 0.6 is 0 Å². The minimum atomic E-state index is -2.66. The molecule has 2 aliphatic heterocycles. The highest BCUT2D eigenvalue weighted by Crippen LogP contribution is 2.30. The zero-order chi connectivity index (χ0) is 31.5. The van der Waals surface area contributed by atoms with Gasteiger partial charge in [0.1, 0.15) is 13.3 Å². The number of cyclic esters (lactones) is 1. The second-order valence-corrected chi connectivity index (χ2v) is 10.5. The number of rotatable bonds is 10. The normalized spacial score (nSPS) is 17.7. The van der Waals surface area contributed by atoms with Crippen LogP contribution in [0, 0.1) is 0 Å². The van der Waals surface area contributed by atoms with E-state index in [1.165, 1.54) is 0 Å². The highest BCUT2D eigenvalue weighted by atomic mass is 19.3. The lowest BCUT2D eigenvalue weighted by Gasteiger charge is -2.25. The van der Waals surface area contributed by atoms with Crippen molar-refractivity contribution < 1.29 is 41.4 Å². The van der Waals surface area contributed by atoms with Gasteiger partial charge in [-0.1, -0.05) is 91.0 Å². The molecule has 44 heavy (non-hydrogen) atoms.